The number of rotatable bonds is 5. The molecular weight excluding hydrogens is 314 g/mol. The number of urea groups is 1. The Morgan fingerprint density at radius 3 is 2.72 bits per heavy atom. The first-order chi connectivity index (χ1) is 12.0. The van der Waals surface area contributed by atoms with Crippen LogP contribution in [-0.2, 0) is 13.6 Å². The summed E-state index contributed by atoms with van der Waals surface area (Å²) in [7, 11) is 6.09. The van der Waals surface area contributed by atoms with Crippen LogP contribution >= 0.6 is 0 Å². The molecule has 1 aliphatic carbocycles. The van der Waals surface area contributed by atoms with Crippen LogP contribution in [0.1, 0.15) is 24.8 Å². The number of carbonyl (C=O) groups is 1. The highest BCUT2D eigenvalue weighted by molar-refractivity contribution is 5.74. The van der Waals surface area contributed by atoms with Gasteiger partial charge in [-0.05, 0) is 33.4 Å². The van der Waals surface area contributed by atoms with Crippen LogP contribution < -0.4 is 10.6 Å². The summed E-state index contributed by atoms with van der Waals surface area (Å²) in [6, 6.07) is 10.8. The number of aryl methyl sites for hydroxylation is 1. The number of carbonyl (C=O) groups excluding carboxylic acids is 1. The summed E-state index contributed by atoms with van der Waals surface area (Å²) in [5.74, 6) is 0. The molecule has 0 aliphatic heterocycles. The molecule has 25 heavy (non-hydrogen) atoms. The number of aromatic nitrogens is 2. The van der Waals surface area contributed by atoms with E-state index >= 15 is 0 Å². The van der Waals surface area contributed by atoms with E-state index in [4.69, 9.17) is 0 Å². The SMILES string of the molecule is CN(C)C1CCC(NC(=O)NCc2cn(C)nc2-c2ccccc2)C1. The Morgan fingerprint density at radius 1 is 1.28 bits per heavy atom. The molecule has 0 spiro atoms. The highest BCUT2D eigenvalue weighted by atomic mass is 16.2. The fourth-order valence-electron chi connectivity index (χ4n) is 3.48. The van der Waals surface area contributed by atoms with Crippen molar-refractivity contribution < 1.29 is 4.79 Å². The Bertz CT molecular complexity index is 710. The molecule has 0 radical (unpaired) electrons. The van der Waals surface area contributed by atoms with Crippen molar-refractivity contribution in [3.63, 3.8) is 0 Å². The zero-order valence-electron chi connectivity index (χ0n) is 15.2. The Morgan fingerprint density at radius 2 is 2.04 bits per heavy atom. The number of hydrogen-bond acceptors (Lipinski definition) is 3. The van der Waals surface area contributed by atoms with E-state index in [9.17, 15) is 4.79 Å². The predicted molar refractivity (Wildman–Crippen MR) is 99.1 cm³/mol. The van der Waals surface area contributed by atoms with Crippen molar-refractivity contribution in [2.45, 2.75) is 37.9 Å². The summed E-state index contributed by atoms with van der Waals surface area (Å²) >= 11 is 0. The summed E-state index contributed by atoms with van der Waals surface area (Å²) < 4.78 is 1.79. The molecule has 1 aromatic carbocycles. The molecule has 0 bridgehead atoms. The standard InChI is InChI=1S/C19H27N5O/c1-23(2)17-10-9-16(11-17)21-19(25)20-12-15-13-24(3)22-18(15)14-7-5-4-6-8-14/h4-8,13,16-17H,9-12H2,1-3H3,(H2,20,21,25). The van der Waals surface area contributed by atoms with Crippen LogP contribution in [0.25, 0.3) is 11.3 Å². The van der Waals surface area contributed by atoms with Gasteiger partial charge in [-0.3, -0.25) is 4.68 Å². The smallest absolute Gasteiger partial charge is 0.315 e. The molecule has 0 saturated heterocycles. The lowest BCUT2D eigenvalue weighted by molar-refractivity contribution is 0.235. The summed E-state index contributed by atoms with van der Waals surface area (Å²) in [6.07, 6.45) is 5.15. The third-order valence-corrected chi connectivity index (χ3v) is 4.86. The van der Waals surface area contributed by atoms with Gasteiger partial charge in [0.25, 0.3) is 0 Å². The Kier molecular flexibility index (Phi) is 5.38. The van der Waals surface area contributed by atoms with E-state index < -0.39 is 0 Å². The third kappa shape index (κ3) is 4.39. The van der Waals surface area contributed by atoms with Crippen LogP contribution in [0.15, 0.2) is 36.5 Å². The Hall–Kier alpha value is -2.34. The van der Waals surface area contributed by atoms with Crippen LogP contribution in [0.3, 0.4) is 0 Å². The van der Waals surface area contributed by atoms with Crippen molar-refractivity contribution in [1.82, 2.24) is 25.3 Å². The van der Waals surface area contributed by atoms with Crippen LogP contribution in [-0.4, -0.2) is 46.9 Å². The first-order valence-corrected chi connectivity index (χ1v) is 8.81. The van der Waals surface area contributed by atoms with E-state index in [2.05, 4.69) is 34.7 Å². The number of amides is 2. The number of nitrogens with one attached hydrogen (secondary N) is 2. The summed E-state index contributed by atoms with van der Waals surface area (Å²) in [6.45, 7) is 0.466. The highest BCUT2D eigenvalue weighted by Gasteiger charge is 2.27. The van der Waals surface area contributed by atoms with Gasteiger partial charge in [0, 0.05) is 43.0 Å². The lowest BCUT2D eigenvalue weighted by Crippen LogP contribution is -2.41. The average molecular weight is 341 g/mol. The fraction of sp³-hybridized carbons (Fsp3) is 0.474. The molecule has 1 saturated carbocycles. The normalized spacial score (nSPS) is 20.0. The largest absolute Gasteiger partial charge is 0.335 e. The van der Waals surface area contributed by atoms with Crippen molar-refractivity contribution in [1.29, 1.82) is 0 Å². The van der Waals surface area contributed by atoms with Gasteiger partial charge in [-0.25, -0.2) is 4.79 Å². The summed E-state index contributed by atoms with van der Waals surface area (Å²) in [4.78, 5) is 14.5. The second kappa shape index (κ2) is 7.70. The van der Waals surface area contributed by atoms with Gasteiger partial charge < -0.3 is 15.5 Å². The highest BCUT2D eigenvalue weighted by Crippen LogP contribution is 2.23. The van der Waals surface area contributed by atoms with Gasteiger partial charge >= 0.3 is 6.03 Å². The molecule has 2 atom stereocenters. The first kappa shape index (κ1) is 17.5. The topological polar surface area (TPSA) is 62.2 Å². The zero-order valence-corrected chi connectivity index (χ0v) is 15.2. The minimum atomic E-state index is -0.104. The minimum Gasteiger partial charge on any atom is -0.335 e. The maximum absolute atomic E-state index is 12.2. The molecule has 2 amide bonds. The molecule has 6 heteroatoms. The van der Waals surface area contributed by atoms with Gasteiger partial charge in [0.15, 0.2) is 0 Å². The van der Waals surface area contributed by atoms with Crippen molar-refractivity contribution in [3.8, 4) is 11.3 Å². The Balaban J connectivity index is 1.56. The molecule has 1 aliphatic rings. The van der Waals surface area contributed by atoms with Gasteiger partial charge in [0.05, 0.1) is 5.69 Å². The number of nitrogens with zero attached hydrogens (tertiary/aromatic N) is 3. The summed E-state index contributed by atoms with van der Waals surface area (Å²) in [5.41, 5.74) is 2.99. The van der Waals surface area contributed by atoms with Gasteiger partial charge in [-0.1, -0.05) is 30.3 Å². The molecule has 2 unspecified atom stereocenters. The van der Waals surface area contributed by atoms with Gasteiger partial charge in [0.2, 0.25) is 0 Å². The molecule has 2 aromatic rings. The van der Waals surface area contributed by atoms with Crippen LogP contribution in [0, 0.1) is 0 Å². The maximum atomic E-state index is 12.2. The molecular formula is C19H27N5O. The van der Waals surface area contributed by atoms with Crippen molar-refractivity contribution in [2.24, 2.45) is 7.05 Å². The lowest BCUT2D eigenvalue weighted by Gasteiger charge is -2.19. The van der Waals surface area contributed by atoms with Crippen molar-refractivity contribution >= 4 is 6.03 Å². The second-order valence-corrected chi connectivity index (χ2v) is 7.00. The molecule has 6 nitrogen and oxygen atoms in total. The van der Waals surface area contributed by atoms with Crippen LogP contribution in [0.2, 0.25) is 0 Å². The van der Waals surface area contributed by atoms with E-state index in [0.717, 1.165) is 36.1 Å². The first-order valence-electron chi connectivity index (χ1n) is 8.81. The Labute approximate surface area is 149 Å². The lowest BCUT2D eigenvalue weighted by atomic mass is 10.1. The van der Waals surface area contributed by atoms with E-state index in [1.54, 1.807) is 4.68 Å². The van der Waals surface area contributed by atoms with E-state index in [1.165, 1.54) is 0 Å². The molecule has 1 fully saturated rings. The zero-order chi connectivity index (χ0) is 17.8. The average Bonchev–Trinajstić information content (AvgIpc) is 3.20. The van der Waals surface area contributed by atoms with Gasteiger partial charge in [-0.15, -0.1) is 0 Å². The second-order valence-electron chi connectivity index (χ2n) is 7.00. The molecule has 3 rings (SSSR count). The van der Waals surface area contributed by atoms with Gasteiger partial charge in [0.1, 0.15) is 0 Å². The maximum Gasteiger partial charge on any atom is 0.315 e. The number of hydrogen-bond donors (Lipinski definition) is 2. The van der Waals surface area contributed by atoms with Crippen molar-refractivity contribution in [3.05, 3.63) is 42.1 Å². The van der Waals surface area contributed by atoms with Crippen molar-refractivity contribution in [2.75, 3.05) is 14.1 Å². The predicted octanol–water partition coefficient (Wildman–Crippen LogP) is 2.37. The van der Waals surface area contributed by atoms with Crippen LogP contribution in [0.4, 0.5) is 4.79 Å². The quantitative estimate of drug-likeness (QED) is 0.878. The molecule has 1 aromatic heterocycles. The van der Waals surface area contributed by atoms with Gasteiger partial charge in [-0.2, -0.15) is 5.10 Å². The fourth-order valence-corrected chi connectivity index (χ4v) is 3.48. The molecule has 134 valence electrons. The third-order valence-electron chi connectivity index (χ3n) is 4.86. The van der Waals surface area contributed by atoms with E-state index in [0.29, 0.717) is 12.6 Å². The molecule has 2 N–H and O–H groups in total. The minimum absolute atomic E-state index is 0.104. The number of benzene rings is 1. The van der Waals surface area contributed by atoms with E-state index in [-0.39, 0.29) is 12.1 Å². The van der Waals surface area contributed by atoms with E-state index in [1.807, 2.05) is 43.6 Å². The van der Waals surface area contributed by atoms with Crippen LogP contribution in [0.5, 0.6) is 0 Å². The summed E-state index contributed by atoms with van der Waals surface area (Å²) in [5, 5.41) is 10.6. The monoisotopic (exact) mass is 341 g/mol. The molecule has 1 heterocycles.